The zero-order valence-electron chi connectivity index (χ0n) is 14.9. The van der Waals surface area contributed by atoms with Crippen LogP contribution in [-0.4, -0.2) is 46.5 Å². The van der Waals surface area contributed by atoms with Crippen LogP contribution in [0, 0.1) is 5.41 Å². The Morgan fingerprint density at radius 2 is 1.96 bits per heavy atom. The third kappa shape index (κ3) is 4.25. The largest absolute Gasteiger partial charge is 0.447 e. The number of ether oxygens (including phenoxy) is 1. The molecule has 6 heteroatoms. The lowest BCUT2D eigenvalue weighted by atomic mass is 9.79. The molecule has 1 aromatic rings. The number of benzene rings is 1. The summed E-state index contributed by atoms with van der Waals surface area (Å²) in [5.41, 5.74) is -0.0474. The van der Waals surface area contributed by atoms with Crippen LogP contribution in [0.4, 0.5) is 4.79 Å². The van der Waals surface area contributed by atoms with E-state index in [2.05, 4.69) is 0 Å². The molecule has 1 N–H and O–H groups in total. The Kier molecular flexibility index (Phi) is 5.95. The van der Waals surface area contributed by atoms with Crippen molar-refractivity contribution in [3.63, 3.8) is 0 Å². The summed E-state index contributed by atoms with van der Waals surface area (Å²) < 4.78 is 5.02. The number of aliphatic hydroxyl groups is 1. The number of hydrogen-bond acceptors (Lipinski definition) is 5. The van der Waals surface area contributed by atoms with Crippen LogP contribution >= 0.6 is 0 Å². The Labute approximate surface area is 147 Å². The summed E-state index contributed by atoms with van der Waals surface area (Å²) in [7, 11) is 0. The van der Waals surface area contributed by atoms with Gasteiger partial charge in [-0.1, -0.05) is 51.1 Å². The minimum atomic E-state index is -1.15. The number of hydrogen-bond donors (Lipinski definition) is 1. The molecule has 0 unspecified atom stereocenters. The summed E-state index contributed by atoms with van der Waals surface area (Å²) in [5, 5.41) is 10.4. The molecule has 136 valence electrons. The van der Waals surface area contributed by atoms with Crippen LogP contribution in [0.1, 0.15) is 39.2 Å². The van der Waals surface area contributed by atoms with Crippen LogP contribution < -0.4 is 0 Å². The number of nitrogens with zero attached hydrogens (tertiary/aromatic N) is 1. The number of imide groups is 1. The first kappa shape index (κ1) is 19.1. The van der Waals surface area contributed by atoms with E-state index in [1.54, 1.807) is 20.8 Å². The second kappa shape index (κ2) is 7.78. The lowest BCUT2D eigenvalue weighted by Crippen LogP contribution is -2.45. The molecule has 1 aliphatic rings. The highest BCUT2D eigenvalue weighted by Gasteiger charge is 2.41. The summed E-state index contributed by atoms with van der Waals surface area (Å²) in [6.07, 6.45) is -1.37. The molecule has 2 amide bonds. The van der Waals surface area contributed by atoms with E-state index < -0.39 is 29.6 Å². The fourth-order valence-corrected chi connectivity index (χ4v) is 2.96. The summed E-state index contributed by atoms with van der Waals surface area (Å²) in [4.78, 5) is 37.6. The number of cyclic esters (lactones) is 1. The van der Waals surface area contributed by atoms with Gasteiger partial charge in [0.2, 0.25) is 5.91 Å². The minimum Gasteiger partial charge on any atom is -0.447 e. The molecular weight excluding hydrogens is 322 g/mol. The molecule has 1 saturated heterocycles. The molecule has 0 radical (unpaired) electrons. The third-order valence-electron chi connectivity index (χ3n) is 4.78. The molecule has 1 aromatic carbocycles. The van der Waals surface area contributed by atoms with Crippen molar-refractivity contribution in [1.82, 2.24) is 4.90 Å². The zero-order valence-corrected chi connectivity index (χ0v) is 14.9. The fourth-order valence-electron chi connectivity index (χ4n) is 2.96. The van der Waals surface area contributed by atoms with Crippen molar-refractivity contribution >= 4 is 17.8 Å². The van der Waals surface area contributed by atoms with E-state index >= 15 is 0 Å². The molecule has 0 spiro atoms. The average Bonchev–Trinajstić information content (AvgIpc) is 2.95. The molecule has 0 bridgehead atoms. The van der Waals surface area contributed by atoms with Gasteiger partial charge in [0.15, 0.2) is 0 Å². The van der Waals surface area contributed by atoms with Crippen molar-refractivity contribution in [3.8, 4) is 0 Å². The van der Waals surface area contributed by atoms with E-state index in [-0.39, 0.29) is 25.2 Å². The molecule has 25 heavy (non-hydrogen) atoms. The Morgan fingerprint density at radius 1 is 1.32 bits per heavy atom. The molecule has 2 atom stereocenters. The zero-order chi connectivity index (χ0) is 18.6. The van der Waals surface area contributed by atoms with Crippen LogP contribution in [0.25, 0.3) is 0 Å². The lowest BCUT2D eigenvalue weighted by Gasteiger charge is -2.29. The van der Waals surface area contributed by atoms with Crippen molar-refractivity contribution in [2.24, 2.45) is 5.41 Å². The first-order chi connectivity index (χ1) is 11.8. The monoisotopic (exact) mass is 347 g/mol. The molecule has 2 rings (SSSR count). The van der Waals surface area contributed by atoms with Gasteiger partial charge in [0.25, 0.3) is 0 Å². The van der Waals surface area contributed by atoms with Crippen molar-refractivity contribution in [3.05, 3.63) is 35.9 Å². The van der Waals surface area contributed by atoms with Gasteiger partial charge < -0.3 is 9.84 Å². The summed E-state index contributed by atoms with van der Waals surface area (Å²) >= 11 is 0. The highest BCUT2D eigenvalue weighted by molar-refractivity contribution is 5.94. The van der Waals surface area contributed by atoms with Gasteiger partial charge in [0.1, 0.15) is 12.4 Å². The van der Waals surface area contributed by atoms with E-state index in [1.807, 2.05) is 30.3 Å². The first-order valence-electron chi connectivity index (χ1n) is 8.51. The van der Waals surface area contributed by atoms with Crippen LogP contribution in [0.15, 0.2) is 30.3 Å². The molecule has 0 aliphatic carbocycles. The SMILES string of the molecule is CCC(=O)C(C)(C)[C@@H](O)CC(=O)N1C(=O)OC[C@H]1Cc1ccccc1. The number of Topliss-reactive ketones (excluding diaryl/α,β-unsaturated/α-hetero) is 1. The van der Waals surface area contributed by atoms with Gasteiger partial charge in [-0.15, -0.1) is 0 Å². The second-order valence-corrected chi connectivity index (χ2v) is 6.90. The number of carbonyl (C=O) groups is 3. The predicted octanol–water partition coefficient (Wildman–Crippen LogP) is 2.33. The van der Waals surface area contributed by atoms with E-state index in [4.69, 9.17) is 4.74 Å². The summed E-state index contributed by atoms with van der Waals surface area (Å²) in [5.74, 6) is -0.648. The molecule has 1 aliphatic heterocycles. The molecule has 6 nitrogen and oxygen atoms in total. The Hall–Kier alpha value is -2.21. The van der Waals surface area contributed by atoms with Gasteiger partial charge in [0, 0.05) is 11.8 Å². The Balaban J connectivity index is 2.07. The molecule has 0 saturated carbocycles. The van der Waals surface area contributed by atoms with E-state index in [0.717, 1.165) is 10.5 Å². The van der Waals surface area contributed by atoms with Gasteiger partial charge in [-0.3, -0.25) is 9.59 Å². The van der Waals surface area contributed by atoms with Crippen molar-refractivity contribution in [1.29, 1.82) is 0 Å². The highest BCUT2D eigenvalue weighted by atomic mass is 16.6. The third-order valence-corrected chi connectivity index (χ3v) is 4.78. The van der Waals surface area contributed by atoms with Crippen molar-refractivity contribution in [2.75, 3.05) is 6.61 Å². The standard InChI is InChI=1S/C19H25NO5/c1-4-15(21)19(2,3)16(22)11-17(23)20-14(12-25-18(20)24)10-13-8-6-5-7-9-13/h5-9,14,16,22H,4,10-12H2,1-3H3/t14-,16+/m1/s1. The van der Waals surface area contributed by atoms with E-state index in [1.165, 1.54) is 0 Å². The van der Waals surface area contributed by atoms with Gasteiger partial charge in [0.05, 0.1) is 18.6 Å². The number of carbonyl (C=O) groups excluding carboxylic acids is 3. The minimum absolute atomic E-state index is 0.127. The topological polar surface area (TPSA) is 83.9 Å². The first-order valence-corrected chi connectivity index (χ1v) is 8.51. The number of ketones is 1. The van der Waals surface area contributed by atoms with Gasteiger partial charge in [-0.2, -0.15) is 0 Å². The summed E-state index contributed by atoms with van der Waals surface area (Å²) in [6, 6.07) is 9.11. The predicted molar refractivity (Wildman–Crippen MR) is 91.8 cm³/mol. The van der Waals surface area contributed by atoms with Crippen molar-refractivity contribution in [2.45, 2.75) is 52.2 Å². The van der Waals surface area contributed by atoms with Crippen LogP contribution in [0.2, 0.25) is 0 Å². The molecule has 0 aromatic heterocycles. The lowest BCUT2D eigenvalue weighted by molar-refractivity contribution is -0.138. The van der Waals surface area contributed by atoms with E-state index in [0.29, 0.717) is 6.42 Å². The molecule has 1 heterocycles. The number of amides is 2. The van der Waals surface area contributed by atoms with Gasteiger partial charge in [-0.25, -0.2) is 9.69 Å². The van der Waals surface area contributed by atoms with Crippen LogP contribution in [0.3, 0.4) is 0 Å². The van der Waals surface area contributed by atoms with Crippen molar-refractivity contribution < 1.29 is 24.2 Å². The van der Waals surface area contributed by atoms with Crippen LogP contribution in [-0.2, 0) is 20.7 Å². The maximum absolute atomic E-state index is 12.6. The summed E-state index contributed by atoms with van der Waals surface area (Å²) in [6.45, 7) is 5.07. The number of rotatable bonds is 7. The maximum Gasteiger partial charge on any atom is 0.416 e. The quantitative estimate of drug-likeness (QED) is 0.818. The van der Waals surface area contributed by atoms with Crippen LogP contribution in [0.5, 0.6) is 0 Å². The fraction of sp³-hybridized carbons (Fsp3) is 0.526. The number of aliphatic hydroxyl groups excluding tert-OH is 1. The van der Waals surface area contributed by atoms with E-state index in [9.17, 15) is 19.5 Å². The average molecular weight is 347 g/mol. The maximum atomic E-state index is 12.6. The molecule has 1 fully saturated rings. The Morgan fingerprint density at radius 3 is 2.56 bits per heavy atom. The smallest absolute Gasteiger partial charge is 0.416 e. The second-order valence-electron chi connectivity index (χ2n) is 6.90. The highest BCUT2D eigenvalue weighted by Crippen LogP contribution is 2.27. The molecular formula is C19H25NO5. The van der Waals surface area contributed by atoms with Gasteiger partial charge in [-0.05, 0) is 12.0 Å². The van der Waals surface area contributed by atoms with Gasteiger partial charge >= 0.3 is 6.09 Å². The normalized spacial score (nSPS) is 18.8. The Bertz CT molecular complexity index is 640.